The van der Waals surface area contributed by atoms with E-state index in [9.17, 15) is 4.79 Å². The lowest BCUT2D eigenvalue weighted by Gasteiger charge is -2.23. The summed E-state index contributed by atoms with van der Waals surface area (Å²) in [7, 11) is 0. The molecule has 0 bridgehead atoms. The Labute approximate surface area is 113 Å². The molecule has 106 valence electrons. The molecule has 0 saturated carbocycles. The summed E-state index contributed by atoms with van der Waals surface area (Å²) in [6.07, 6.45) is 0.941. The van der Waals surface area contributed by atoms with E-state index in [-0.39, 0.29) is 17.4 Å². The Morgan fingerprint density at radius 3 is 2.79 bits per heavy atom. The van der Waals surface area contributed by atoms with E-state index in [0.29, 0.717) is 18.3 Å². The first-order valence-electron chi connectivity index (χ1n) is 6.72. The van der Waals surface area contributed by atoms with Gasteiger partial charge >= 0.3 is 0 Å². The largest absolute Gasteiger partial charge is 0.423 e. The van der Waals surface area contributed by atoms with Gasteiger partial charge in [0, 0.05) is 18.5 Å². The molecule has 2 heterocycles. The highest BCUT2D eigenvalue weighted by Crippen LogP contribution is 2.21. The number of amides is 1. The Hall–Kier alpha value is -1.43. The highest BCUT2D eigenvalue weighted by Gasteiger charge is 2.27. The molecule has 0 aliphatic carbocycles. The molecule has 6 nitrogen and oxygen atoms in total. The Morgan fingerprint density at radius 2 is 2.16 bits per heavy atom. The predicted molar refractivity (Wildman–Crippen MR) is 70.5 cm³/mol. The molecule has 0 unspecified atom stereocenters. The molecule has 0 aromatic carbocycles. The summed E-state index contributed by atoms with van der Waals surface area (Å²) >= 11 is 0. The van der Waals surface area contributed by atoms with Crippen molar-refractivity contribution in [1.29, 1.82) is 0 Å². The molecule has 19 heavy (non-hydrogen) atoms. The average Bonchev–Trinajstić information content (AvgIpc) is 2.74. The molecule has 1 aromatic heterocycles. The molecule has 1 fully saturated rings. The molecule has 1 aliphatic rings. The summed E-state index contributed by atoms with van der Waals surface area (Å²) in [5, 5.41) is 11.0. The number of carbonyl (C=O) groups excluding carboxylic acids is 1. The van der Waals surface area contributed by atoms with Crippen molar-refractivity contribution in [3.63, 3.8) is 0 Å². The average molecular weight is 266 g/mol. The number of rotatable bonds is 2. The minimum atomic E-state index is -0.160. The monoisotopic (exact) mass is 266 g/mol. The van der Waals surface area contributed by atoms with Crippen LogP contribution in [0.2, 0.25) is 0 Å². The van der Waals surface area contributed by atoms with Crippen LogP contribution in [0.25, 0.3) is 0 Å². The van der Waals surface area contributed by atoms with Gasteiger partial charge in [0.05, 0.1) is 12.6 Å². The summed E-state index contributed by atoms with van der Waals surface area (Å²) in [5.74, 6) is 1.27. The van der Waals surface area contributed by atoms with Crippen molar-refractivity contribution in [1.82, 2.24) is 20.4 Å². The van der Waals surface area contributed by atoms with E-state index in [4.69, 9.17) is 4.42 Å². The normalized spacial score (nSPS) is 22.1. The van der Waals surface area contributed by atoms with E-state index >= 15 is 0 Å². The molecule has 2 rings (SSSR count). The third kappa shape index (κ3) is 3.32. The van der Waals surface area contributed by atoms with Crippen LogP contribution in [0.3, 0.4) is 0 Å². The fourth-order valence-electron chi connectivity index (χ4n) is 2.01. The third-order valence-electron chi connectivity index (χ3n) is 3.30. The second kappa shape index (κ2) is 5.28. The van der Waals surface area contributed by atoms with Crippen molar-refractivity contribution in [2.45, 2.75) is 52.1 Å². The first-order chi connectivity index (χ1) is 8.88. The van der Waals surface area contributed by atoms with Gasteiger partial charge < -0.3 is 9.73 Å². The van der Waals surface area contributed by atoms with Crippen molar-refractivity contribution >= 4 is 5.91 Å². The zero-order valence-electron chi connectivity index (χ0n) is 12.1. The highest BCUT2D eigenvalue weighted by atomic mass is 16.4. The van der Waals surface area contributed by atoms with Crippen molar-refractivity contribution < 1.29 is 9.21 Å². The Morgan fingerprint density at radius 1 is 1.42 bits per heavy atom. The number of nitrogens with zero attached hydrogens (tertiary/aromatic N) is 3. The van der Waals surface area contributed by atoms with Crippen molar-refractivity contribution in [2.24, 2.45) is 0 Å². The number of aromatic nitrogens is 2. The zero-order chi connectivity index (χ0) is 14.0. The van der Waals surface area contributed by atoms with E-state index in [1.54, 1.807) is 0 Å². The molecule has 6 heteroatoms. The van der Waals surface area contributed by atoms with E-state index < -0.39 is 0 Å². The molecule has 1 N–H and O–H groups in total. The number of carbonyl (C=O) groups is 1. The molecule has 1 saturated heterocycles. The smallest absolute Gasteiger partial charge is 0.237 e. The summed E-state index contributed by atoms with van der Waals surface area (Å²) in [6, 6.07) is -0.160. The SMILES string of the molecule is C[C@H]1C(=O)NCCCN1Cc1nnc(C(C)(C)C)o1. The summed E-state index contributed by atoms with van der Waals surface area (Å²) < 4.78 is 5.68. The molecule has 1 amide bonds. The zero-order valence-corrected chi connectivity index (χ0v) is 12.1. The summed E-state index contributed by atoms with van der Waals surface area (Å²) in [5.41, 5.74) is -0.146. The first-order valence-corrected chi connectivity index (χ1v) is 6.72. The van der Waals surface area contributed by atoms with Gasteiger partial charge in [0.2, 0.25) is 17.7 Å². The molecule has 1 atom stereocenters. The van der Waals surface area contributed by atoms with Crippen LogP contribution < -0.4 is 5.32 Å². The van der Waals surface area contributed by atoms with Crippen LogP contribution >= 0.6 is 0 Å². The molecule has 0 spiro atoms. The second-order valence-electron chi connectivity index (χ2n) is 6.04. The lowest BCUT2D eigenvalue weighted by atomic mass is 9.97. The molecule has 1 aromatic rings. The third-order valence-corrected chi connectivity index (χ3v) is 3.30. The maximum atomic E-state index is 11.8. The Balaban J connectivity index is 2.07. The second-order valence-corrected chi connectivity index (χ2v) is 6.04. The van der Waals surface area contributed by atoms with Crippen LogP contribution in [0.4, 0.5) is 0 Å². The molecular weight excluding hydrogens is 244 g/mol. The van der Waals surface area contributed by atoms with Crippen molar-refractivity contribution in [3.8, 4) is 0 Å². The van der Waals surface area contributed by atoms with Gasteiger partial charge in [-0.05, 0) is 13.3 Å². The van der Waals surface area contributed by atoms with Crippen LogP contribution in [0.1, 0.15) is 45.9 Å². The van der Waals surface area contributed by atoms with Gasteiger partial charge in [-0.25, -0.2) is 0 Å². The van der Waals surface area contributed by atoms with Crippen LogP contribution in [0.5, 0.6) is 0 Å². The first kappa shape index (κ1) is 14.0. The van der Waals surface area contributed by atoms with Gasteiger partial charge in [0.25, 0.3) is 0 Å². The number of hydrogen-bond donors (Lipinski definition) is 1. The highest BCUT2D eigenvalue weighted by molar-refractivity contribution is 5.81. The standard InChI is InChI=1S/C13H22N4O2/c1-9-11(18)14-6-5-7-17(9)8-10-15-16-12(19-10)13(2,3)4/h9H,5-8H2,1-4H3,(H,14,18)/t9-/m0/s1. The Bertz CT molecular complexity index is 450. The number of hydrogen-bond acceptors (Lipinski definition) is 5. The summed E-state index contributed by atoms with van der Waals surface area (Å²) in [4.78, 5) is 13.8. The predicted octanol–water partition coefficient (Wildman–Crippen LogP) is 1.08. The van der Waals surface area contributed by atoms with Crippen LogP contribution in [-0.4, -0.2) is 40.1 Å². The van der Waals surface area contributed by atoms with Gasteiger partial charge in [-0.3, -0.25) is 9.69 Å². The lowest BCUT2D eigenvalue weighted by Crippen LogP contribution is -2.41. The van der Waals surface area contributed by atoms with Gasteiger partial charge in [-0.15, -0.1) is 10.2 Å². The summed E-state index contributed by atoms with van der Waals surface area (Å²) in [6.45, 7) is 10.1. The maximum absolute atomic E-state index is 11.8. The molecule has 0 radical (unpaired) electrons. The molecule has 1 aliphatic heterocycles. The van der Waals surface area contributed by atoms with Crippen LogP contribution in [-0.2, 0) is 16.8 Å². The van der Waals surface area contributed by atoms with Crippen molar-refractivity contribution in [2.75, 3.05) is 13.1 Å². The van der Waals surface area contributed by atoms with Crippen molar-refractivity contribution in [3.05, 3.63) is 11.8 Å². The van der Waals surface area contributed by atoms with Gasteiger partial charge in [-0.2, -0.15) is 0 Å². The lowest BCUT2D eigenvalue weighted by molar-refractivity contribution is -0.125. The van der Waals surface area contributed by atoms with Gasteiger partial charge in [-0.1, -0.05) is 20.8 Å². The van der Waals surface area contributed by atoms with E-state index in [1.165, 1.54) is 0 Å². The van der Waals surface area contributed by atoms with Gasteiger partial charge in [0.15, 0.2) is 0 Å². The van der Waals surface area contributed by atoms with Crippen LogP contribution in [0.15, 0.2) is 4.42 Å². The van der Waals surface area contributed by atoms with E-state index in [2.05, 4.69) is 20.4 Å². The van der Waals surface area contributed by atoms with E-state index in [1.807, 2.05) is 27.7 Å². The topological polar surface area (TPSA) is 71.3 Å². The molecular formula is C13H22N4O2. The number of nitrogens with one attached hydrogen (secondary N) is 1. The van der Waals surface area contributed by atoms with Crippen LogP contribution in [0, 0.1) is 0 Å². The minimum Gasteiger partial charge on any atom is -0.423 e. The quantitative estimate of drug-likeness (QED) is 0.867. The van der Waals surface area contributed by atoms with Gasteiger partial charge in [0.1, 0.15) is 0 Å². The fourth-order valence-corrected chi connectivity index (χ4v) is 2.01. The minimum absolute atomic E-state index is 0.0630. The maximum Gasteiger partial charge on any atom is 0.237 e. The fraction of sp³-hybridized carbons (Fsp3) is 0.769. The van der Waals surface area contributed by atoms with E-state index in [0.717, 1.165) is 19.5 Å². The Kier molecular flexibility index (Phi) is 3.89.